The van der Waals surface area contributed by atoms with Gasteiger partial charge in [0.05, 0.1) is 0 Å². The molecule has 2 aromatic carbocycles. The molecule has 0 bridgehead atoms. The Balaban J connectivity index is 1.56. The Morgan fingerprint density at radius 2 is 1.46 bits per heavy atom. The summed E-state index contributed by atoms with van der Waals surface area (Å²) in [5.74, 6) is 0.531. The van der Waals surface area contributed by atoms with Crippen LogP contribution in [0.1, 0.15) is 54.9 Å². The predicted octanol–water partition coefficient (Wildman–Crippen LogP) is 4.74. The van der Waals surface area contributed by atoms with Gasteiger partial charge in [-0.2, -0.15) is 0 Å². The fourth-order valence-electron chi connectivity index (χ4n) is 2.92. The monoisotopic (exact) mass is 351 g/mol. The van der Waals surface area contributed by atoms with Crippen molar-refractivity contribution in [1.82, 2.24) is 5.32 Å². The minimum atomic E-state index is -0.247. The molecule has 0 aromatic heterocycles. The fourth-order valence-corrected chi connectivity index (χ4v) is 2.92. The summed E-state index contributed by atoms with van der Waals surface area (Å²) in [6, 6.07) is 14.8. The second-order valence-corrected chi connectivity index (χ2v) is 7.03. The van der Waals surface area contributed by atoms with E-state index in [1.807, 2.05) is 26.0 Å². The molecule has 0 heterocycles. The van der Waals surface area contributed by atoms with Gasteiger partial charge in [0.25, 0.3) is 5.91 Å². The van der Waals surface area contributed by atoms with Crippen LogP contribution >= 0.6 is 0 Å². The molecule has 0 atom stereocenters. The van der Waals surface area contributed by atoms with Crippen molar-refractivity contribution in [2.24, 2.45) is 0 Å². The molecule has 1 aliphatic rings. The van der Waals surface area contributed by atoms with Gasteiger partial charge in [-0.3, -0.25) is 4.79 Å². The number of carbonyl (C=O) groups excluding carboxylic acids is 2. The Hall–Kier alpha value is -2.82. The molecule has 0 saturated heterocycles. The van der Waals surface area contributed by atoms with E-state index in [9.17, 15) is 9.59 Å². The van der Waals surface area contributed by atoms with E-state index in [0.717, 1.165) is 0 Å². The van der Waals surface area contributed by atoms with Gasteiger partial charge in [-0.25, -0.2) is 4.79 Å². The molecule has 5 heteroatoms. The third-order valence-electron chi connectivity index (χ3n) is 4.57. The highest BCUT2D eigenvalue weighted by molar-refractivity contribution is 6.04. The predicted molar refractivity (Wildman–Crippen MR) is 105 cm³/mol. The molecule has 1 fully saturated rings. The van der Waals surface area contributed by atoms with E-state index in [1.54, 1.807) is 24.3 Å². The fraction of sp³-hybridized carbons (Fsp3) is 0.333. The maximum absolute atomic E-state index is 12.4. The summed E-state index contributed by atoms with van der Waals surface area (Å²) >= 11 is 0. The number of carbonyl (C=O) groups is 2. The second-order valence-electron chi connectivity index (χ2n) is 7.03. The summed E-state index contributed by atoms with van der Waals surface area (Å²) in [4.78, 5) is 24.1. The maximum Gasteiger partial charge on any atom is 0.319 e. The van der Waals surface area contributed by atoms with Gasteiger partial charge in [0.15, 0.2) is 0 Å². The van der Waals surface area contributed by atoms with Gasteiger partial charge in [0.2, 0.25) is 0 Å². The first-order valence-electron chi connectivity index (χ1n) is 9.10. The summed E-state index contributed by atoms with van der Waals surface area (Å²) in [6.45, 7) is 3.80. The quantitative estimate of drug-likeness (QED) is 0.728. The molecule has 2 aromatic rings. The molecule has 5 nitrogen and oxygen atoms in total. The number of nitrogens with one attached hydrogen (secondary N) is 3. The van der Waals surface area contributed by atoms with Crippen molar-refractivity contribution < 1.29 is 9.59 Å². The molecule has 3 rings (SSSR count). The van der Waals surface area contributed by atoms with Crippen LogP contribution < -0.4 is 16.0 Å². The van der Waals surface area contributed by atoms with E-state index in [-0.39, 0.29) is 18.0 Å². The number of hydrogen-bond donors (Lipinski definition) is 3. The zero-order valence-corrected chi connectivity index (χ0v) is 15.2. The van der Waals surface area contributed by atoms with Crippen LogP contribution in [0.15, 0.2) is 48.5 Å². The van der Waals surface area contributed by atoms with E-state index in [0.29, 0.717) is 22.9 Å². The smallest absolute Gasteiger partial charge is 0.319 e. The van der Waals surface area contributed by atoms with Gasteiger partial charge < -0.3 is 16.0 Å². The normalized spacial score (nSPS) is 13.8. The first-order valence-corrected chi connectivity index (χ1v) is 9.10. The molecule has 0 spiro atoms. The molecule has 1 saturated carbocycles. The molecule has 3 amide bonds. The Morgan fingerprint density at radius 3 is 1.96 bits per heavy atom. The van der Waals surface area contributed by atoms with E-state index in [2.05, 4.69) is 28.1 Å². The number of rotatable bonds is 5. The van der Waals surface area contributed by atoms with Crippen LogP contribution in [-0.4, -0.2) is 18.0 Å². The Kier molecular flexibility index (Phi) is 5.56. The zero-order chi connectivity index (χ0) is 18.5. The summed E-state index contributed by atoms with van der Waals surface area (Å²) in [6.07, 6.45) is 3.80. The lowest BCUT2D eigenvalue weighted by atomic mass is 9.80. The van der Waals surface area contributed by atoms with Crippen molar-refractivity contribution >= 4 is 23.3 Å². The topological polar surface area (TPSA) is 70.2 Å². The van der Waals surface area contributed by atoms with Gasteiger partial charge in [-0.1, -0.05) is 18.6 Å². The third-order valence-corrected chi connectivity index (χ3v) is 4.57. The SMILES string of the molecule is CC(C)NC(=O)Nc1ccc(NC(=O)c2ccc(C3CCC3)cc2)cc1. The van der Waals surface area contributed by atoms with Crippen LogP contribution in [0.5, 0.6) is 0 Å². The minimum Gasteiger partial charge on any atom is -0.336 e. The molecule has 3 N–H and O–H groups in total. The standard InChI is InChI=1S/C21H25N3O2/c1-14(2)22-21(26)24-19-12-10-18(11-13-19)23-20(25)17-8-6-16(7-9-17)15-4-3-5-15/h6-15H,3-5H2,1-2H3,(H,23,25)(H2,22,24,26). The third kappa shape index (κ3) is 4.63. The van der Waals surface area contributed by atoms with Crippen LogP contribution in [0, 0.1) is 0 Å². The van der Waals surface area contributed by atoms with Crippen LogP contribution in [-0.2, 0) is 0 Å². The molecule has 0 aliphatic heterocycles. The minimum absolute atomic E-state index is 0.0734. The number of amides is 3. The highest BCUT2D eigenvalue weighted by atomic mass is 16.2. The molecule has 0 radical (unpaired) electrons. The summed E-state index contributed by atoms with van der Waals surface area (Å²) < 4.78 is 0. The Labute approximate surface area is 154 Å². The van der Waals surface area contributed by atoms with Gasteiger partial charge in [-0.05, 0) is 74.6 Å². The lowest BCUT2D eigenvalue weighted by Gasteiger charge is -2.25. The van der Waals surface area contributed by atoms with Crippen molar-refractivity contribution in [3.05, 3.63) is 59.7 Å². The van der Waals surface area contributed by atoms with Gasteiger partial charge in [0.1, 0.15) is 0 Å². The summed E-state index contributed by atoms with van der Waals surface area (Å²) in [7, 11) is 0. The van der Waals surface area contributed by atoms with E-state index in [1.165, 1.54) is 24.8 Å². The number of benzene rings is 2. The first-order chi connectivity index (χ1) is 12.5. The summed E-state index contributed by atoms with van der Waals surface area (Å²) in [5, 5.41) is 8.39. The number of urea groups is 1. The average Bonchev–Trinajstić information content (AvgIpc) is 2.55. The molecule has 0 unspecified atom stereocenters. The van der Waals surface area contributed by atoms with E-state index < -0.39 is 0 Å². The van der Waals surface area contributed by atoms with E-state index >= 15 is 0 Å². The van der Waals surface area contributed by atoms with Gasteiger partial charge >= 0.3 is 6.03 Å². The van der Waals surface area contributed by atoms with Crippen LogP contribution in [0.25, 0.3) is 0 Å². The molecular weight excluding hydrogens is 326 g/mol. The Bertz CT molecular complexity index is 763. The molecule has 1 aliphatic carbocycles. The van der Waals surface area contributed by atoms with Gasteiger partial charge in [0, 0.05) is 23.0 Å². The number of anilines is 2. The largest absolute Gasteiger partial charge is 0.336 e. The van der Waals surface area contributed by atoms with Crippen molar-refractivity contribution in [2.45, 2.75) is 45.1 Å². The zero-order valence-electron chi connectivity index (χ0n) is 15.2. The van der Waals surface area contributed by atoms with Gasteiger partial charge in [-0.15, -0.1) is 0 Å². The number of hydrogen-bond acceptors (Lipinski definition) is 2. The highest BCUT2D eigenvalue weighted by Crippen LogP contribution is 2.36. The van der Waals surface area contributed by atoms with Crippen LogP contribution in [0.4, 0.5) is 16.2 Å². The lowest BCUT2D eigenvalue weighted by Crippen LogP contribution is -2.34. The molecular formula is C21H25N3O2. The maximum atomic E-state index is 12.4. The molecule has 136 valence electrons. The second kappa shape index (κ2) is 8.04. The average molecular weight is 351 g/mol. The van der Waals surface area contributed by atoms with Crippen LogP contribution in [0.3, 0.4) is 0 Å². The van der Waals surface area contributed by atoms with Crippen LogP contribution in [0.2, 0.25) is 0 Å². The lowest BCUT2D eigenvalue weighted by molar-refractivity contribution is 0.102. The summed E-state index contributed by atoms with van der Waals surface area (Å²) in [5.41, 5.74) is 3.33. The first kappa shape index (κ1) is 18.0. The van der Waals surface area contributed by atoms with Crippen molar-refractivity contribution in [1.29, 1.82) is 0 Å². The highest BCUT2D eigenvalue weighted by Gasteiger charge is 2.19. The Morgan fingerprint density at radius 1 is 0.885 bits per heavy atom. The van der Waals surface area contributed by atoms with Crippen molar-refractivity contribution in [3.8, 4) is 0 Å². The molecule has 26 heavy (non-hydrogen) atoms. The van der Waals surface area contributed by atoms with Crippen molar-refractivity contribution in [3.63, 3.8) is 0 Å². The van der Waals surface area contributed by atoms with Crippen molar-refractivity contribution in [2.75, 3.05) is 10.6 Å². The van der Waals surface area contributed by atoms with E-state index in [4.69, 9.17) is 0 Å².